The molecular weight excluding hydrogens is 277 g/mol. The summed E-state index contributed by atoms with van der Waals surface area (Å²) in [5, 5.41) is 14.4. The van der Waals surface area contributed by atoms with Gasteiger partial charge in [0.25, 0.3) is 0 Å². The van der Waals surface area contributed by atoms with E-state index < -0.39 is 11.7 Å². The van der Waals surface area contributed by atoms with Gasteiger partial charge in [-0.2, -0.15) is 13.2 Å². The van der Waals surface area contributed by atoms with E-state index in [4.69, 9.17) is 17.3 Å². The van der Waals surface area contributed by atoms with E-state index in [1.54, 1.807) is 6.92 Å². The summed E-state index contributed by atoms with van der Waals surface area (Å²) in [6, 6.07) is 3.60. The number of rotatable bonds is 4. The van der Waals surface area contributed by atoms with Gasteiger partial charge in [-0.15, -0.1) is 0 Å². The molecule has 0 fully saturated rings. The van der Waals surface area contributed by atoms with E-state index in [0.717, 1.165) is 17.7 Å². The Hall–Kier alpha value is -1.34. The van der Waals surface area contributed by atoms with Crippen molar-refractivity contribution in [1.29, 1.82) is 0 Å². The molecule has 0 bridgehead atoms. The van der Waals surface area contributed by atoms with Crippen molar-refractivity contribution in [1.82, 2.24) is 10.6 Å². The summed E-state index contributed by atoms with van der Waals surface area (Å²) in [5.41, 5.74) is 0.609. The average molecular weight is 292 g/mol. The molecule has 3 N–H and O–H groups in total. The molecule has 19 heavy (non-hydrogen) atoms. The van der Waals surface area contributed by atoms with E-state index in [1.807, 2.05) is 0 Å². The SMILES string of the molecule is Cc1ccc(C(F)(F)F)cc1CNC(=S)NCCO. The molecule has 7 heteroatoms. The number of aliphatic hydroxyl groups excluding tert-OH is 1. The van der Waals surface area contributed by atoms with Gasteiger partial charge in [0.2, 0.25) is 0 Å². The molecule has 0 atom stereocenters. The lowest BCUT2D eigenvalue weighted by molar-refractivity contribution is -0.137. The van der Waals surface area contributed by atoms with Gasteiger partial charge in [0, 0.05) is 13.1 Å². The Morgan fingerprint density at radius 3 is 2.58 bits per heavy atom. The van der Waals surface area contributed by atoms with Crippen molar-refractivity contribution in [2.24, 2.45) is 0 Å². The quantitative estimate of drug-likeness (QED) is 0.743. The van der Waals surface area contributed by atoms with E-state index >= 15 is 0 Å². The predicted octanol–water partition coefficient (Wildman–Crippen LogP) is 1.97. The van der Waals surface area contributed by atoms with Gasteiger partial charge in [0.05, 0.1) is 12.2 Å². The summed E-state index contributed by atoms with van der Waals surface area (Å²) in [6.45, 7) is 2.17. The fourth-order valence-corrected chi connectivity index (χ4v) is 1.62. The molecule has 1 aromatic carbocycles. The van der Waals surface area contributed by atoms with Gasteiger partial charge in [0.1, 0.15) is 0 Å². The number of benzene rings is 1. The fourth-order valence-electron chi connectivity index (χ4n) is 1.45. The molecule has 1 aromatic rings. The number of aryl methyl sites for hydroxylation is 1. The highest BCUT2D eigenvalue weighted by Gasteiger charge is 2.30. The molecule has 106 valence electrons. The van der Waals surface area contributed by atoms with E-state index in [0.29, 0.717) is 17.2 Å². The van der Waals surface area contributed by atoms with Gasteiger partial charge in [-0.25, -0.2) is 0 Å². The molecule has 0 radical (unpaired) electrons. The van der Waals surface area contributed by atoms with Crippen LogP contribution < -0.4 is 10.6 Å². The Labute approximate surface area is 114 Å². The van der Waals surface area contributed by atoms with Crippen LogP contribution in [0.5, 0.6) is 0 Å². The molecule has 0 aromatic heterocycles. The molecule has 0 saturated carbocycles. The molecule has 3 nitrogen and oxygen atoms in total. The van der Waals surface area contributed by atoms with E-state index in [-0.39, 0.29) is 13.2 Å². The molecule has 1 rings (SSSR count). The molecule has 0 amide bonds. The zero-order chi connectivity index (χ0) is 14.5. The number of nitrogens with one attached hydrogen (secondary N) is 2. The van der Waals surface area contributed by atoms with Crippen LogP contribution in [0, 0.1) is 6.92 Å². The van der Waals surface area contributed by atoms with Gasteiger partial charge in [-0.05, 0) is 42.4 Å². The third-order valence-electron chi connectivity index (χ3n) is 2.51. The van der Waals surface area contributed by atoms with Crippen LogP contribution in [0.3, 0.4) is 0 Å². The van der Waals surface area contributed by atoms with Crippen molar-refractivity contribution >= 4 is 17.3 Å². The number of aliphatic hydroxyl groups is 1. The molecule has 0 aliphatic heterocycles. The standard InChI is InChI=1S/C12H15F3N2OS/c1-8-2-3-10(12(13,14)15)6-9(8)7-17-11(19)16-4-5-18/h2-3,6,18H,4-5,7H2,1H3,(H2,16,17,19). The zero-order valence-corrected chi connectivity index (χ0v) is 11.2. The fraction of sp³-hybridized carbons (Fsp3) is 0.417. The number of halogens is 3. The Morgan fingerprint density at radius 1 is 1.32 bits per heavy atom. The van der Waals surface area contributed by atoms with E-state index in [9.17, 15) is 13.2 Å². The van der Waals surface area contributed by atoms with Crippen molar-refractivity contribution in [2.75, 3.05) is 13.2 Å². The maximum atomic E-state index is 12.6. The highest BCUT2D eigenvalue weighted by molar-refractivity contribution is 7.80. The maximum Gasteiger partial charge on any atom is 0.416 e. The highest BCUT2D eigenvalue weighted by atomic mass is 32.1. The Balaban J connectivity index is 2.70. The Kier molecular flexibility index (Phi) is 5.56. The van der Waals surface area contributed by atoms with Gasteiger partial charge in [-0.1, -0.05) is 6.07 Å². The number of alkyl halides is 3. The Bertz CT molecular complexity index is 449. The van der Waals surface area contributed by atoms with Crippen LogP contribution in [0.15, 0.2) is 18.2 Å². The lowest BCUT2D eigenvalue weighted by Gasteiger charge is -2.13. The molecule has 0 heterocycles. The second-order valence-corrected chi connectivity index (χ2v) is 4.38. The van der Waals surface area contributed by atoms with Gasteiger partial charge in [-0.3, -0.25) is 0 Å². The number of hydrogen-bond donors (Lipinski definition) is 3. The summed E-state index contributed by atoms with van der Waals surface area (Å²) < 4.78 is 37.7. The molecular formula is C12H15F3N2OS. The normalized spacial score (nSPS) is 11.2. The lowest BCUT2D eigenvalue weighted by atomic mass is 10.0. The van der Waals surface area contributed by atoms with Crippen molar-refractivity contribution in [2.45, 2.75) is 19.6 Å². The van der Waals surface area contributed by atoms with Gasteiger partial charge >= 0.3 is 6.18 Å². The van der Waals surface area contributed by atoms with Crippen LogP contribution in [-0.2, 0) is 12.7 Å². The first kappa shape index (κ1) is 15.7. The summed E-state index contributed by atoms with van der Waals surface area (Å²) in [6.07, 6.45) is -4.35. The highest BCUT2D eigenvalue weighted by Crippen LogP contribution is 2.30. The van der Waals surface area contributed by atoms with Crippen LogP contribution in [0.1, 0.15) is 16.7 Å². The van der Waals surface area contributed by atoms with Crippen molar-refractivity contribution in [3.8, 4) is 0 Å². The van der Waals surface area contributed by atoms with Gasteiger partial charge < -0.3 is 15.7 Å². The molecule has 0 aliphatic rings. The smallest absolute Gasteiger partial charge is 0.395 e. The van der Waals surface area contributed by atoms with Crippen LogP contribution in [-0.4, -0.2) is 23.4 Å². The Morgan fingerprint density at radius 2 is 2.00 bits per heavy atom. The van der Waals surface area contributed by atoms with E-state index in [1.165, 1.54) is 6.07 Å². The van der Waals surface area contributed by atoms with Crippen LogP contribution in [0.4, 0.5) is 13.2 Å². The molecule has 0 saturated heterocycles. The topological polar surface area (TPSA) is 44.3 Å². The van der Waals surface area contributed by atoms with Crippen LogP contribution >= 0.6 is 12.2 Å². The minimum absolute atomic E-state index is 0.0651. The van der Waals surface area contributed by atoms with E-state index in [2.05, 4.69) is 10.6 Å². The summed E-state index contributed by atoms with van der Waals surface area (Å²) in [4.78, 5) is 0. The molecule has 0 aliphatic carbocycles. The predicted molar refractivity (Wildman–Crippen MR) is 70.7 cm³/mol. The first-order chi connectivity index (χ1) is 8.84. The number of hydrogen-bond acceptors (Lipinski definition) is 2. The first-order valence-corrected chi connectivity index (χ1v) is 6.04. The van der Waals surface area contributed by atoms with Crippen LogP contribution in [0.2, 0.25) is 0 Å². The molecule has 0 spiro atoms. The minimum atomic E-state index is -4.35. The second-order valence-electron chi connectivity index (χ2n) is 3.97. The number of thiocarbonyl (C=S) groups is 1. The van der Waals surface area contributed by atoms with Crippen molar-refractivity contribution in [3.63, 3.8) is 0 Å². The summed E-state index contributed by atoms with van der Waals surface area (Å²) in [7, 11) is 0. The van der Waals surface area contributed by atoms with Crippen molar-refractivity contribution < 1.29 is 18.3 Å². The largest absolute Gasteiger partial charge is 0.416 e. The van der Waals surface area contributed by atoms with Crippen LogP contribution in [0.25, 0.3) is 0 Å². The third-order valence-corrected chi connectivity index (χ3v) is 2.80. The second kappa shape index (κ2) is 6.72. The zero-order valence-electron chi connectivity index (χ0n) is 10.3. The third kappa shape index (κ3) is 5.04. The molecule has 0 unspecified atom stereocenters. The van der Waals surface area contributed by atoms with Crippen molar-refractivity contribution in [3.05, 3.63) is 34.9 Å². The van der Waals surface area contributed by atoms with Gasteiger partial charge in [0.15, 0.2) is 5.11 Å². The minimum Gasteiger partial charge on any atom is -0.395 e. The lowest BCUT2D eigenvalue weighted by Crippen LogP contribution is -2.36. The monoisotopic (exact) mass is 292 g/mol. The maximum absolute atomic E-state index is 12.6. The summed E-state index contributed by atoms with van der Waals surface area (Å²) in [5.74, 6) is 0. The first-order valence-electron chi connectivity index (χ1n) is 5.64. The average Bonchev–Trinajstić information content (AvgIpc) is 2.33. The summed E-state index contributed by atoms with van der Waals surface area (Å²) >= 11 is 4.91.